The second-order valence-electron chi connectivity index (χ2n) is 6.38. The molecule has 3 aromatic rings. The summed E-state index contributed by atoms with van der Waals surface area (Å²) in [5, 5.41) is 0. The van der Waals surface area contributed by atoms with Crippen LogP contribution >= 0.6 is 11.8 Å². The molecule has 3 aromatic carbocycles. The van der Waals surface area contributed by atoms with Crippen molar-refractivity contribution in [3.8, 4) is 5.75 Å². The summed E-state index contributed by atoms with van der Waals surface area (Å²) < 4.78 is 5.63. The number of hydrogen-bond donors (Lipinski definition) is 0. The summed E-state index contributed by atoms with van der Waals surface area (Å²) in [5.41, 5.74) is 2.09. The monoisotopic (exact) mass is 389 g/mol. The van der Waals surface area contributed by atoms with Gasteiger partial charge in [-0.1, -0.05) is 48.5 Å². The number of ketones is 1. The van der Waals surface area contributed by atoms with Crippen LogP contribution in [0.4, 0.5) is 5.69 Å². The van der Waals surface area contributed by atoms with Crippen molar-refractivity contribution in [3.63, 3.8) is 0 Å². The molecule has 0 fully saturated rings. The smallest absolute Gasteiger partial charge is 0.258 e. The van der Waals surface area contributed by atoms with Gasteiger partial charge in [0.05, 0.1) is 18.0 Å². The highest BCUT2D eigenvalue weighted by Gasteiger charge is 2.24. The van der Waals surface area contributed by atoms with Crippen LogP contribution in [-0.4, -0.2) is 30.6 Å². The molecule has 0 radical (unpaired) electrons. The van der Waals surface area contributed by atoms with Crippen LogP contribution < -0.4 is 9.64 Å². The van der Waals surface area contributed by atoms with Gasteiger partial charge in [0.15, 0.2) is 5.78 Å². The third kappa shape index (κ3) is 3.94. The molecule has 5 heteroatoms. The second-order valence-corrected chi connectivity index (χ2v) is 7.43. The minimum atomic E-state index is -0.0624. The first-order valence-electron chi connectivity index (χ1n) is 9.07. The zero-order chi connectivity index (χ0) is 19.3. The van der Waals surface area contributed by atoms with E-state index in [1.807, 2.05) is 78.9 Å². The largest absolute Gasteiger partial charge is 0.490 e. The van der Waals surface area contributed by atoms with Gasteiger partial charge in [0.1, 0.15) is 12.4 Å². The predicted octanol–water partition coefficient (Wildman–Crippen LogP) is 4.70. The van der Waals surface area contributed by atoms with E-state index in [2.05, 4.69) is 0 Å². The van der Waals surface area contributed by atoms with Crippen LogP contribution in [0.1, 0.15) is 20.7 Å². The highest BCUT2D eigenvalue weighted by Crippen LogP contribution is 2.32. The number of rotatable bonds is 5. The molecular formula is C23H19NO3S. The van der Waals surface area contributed by atoms with Crippen molar-refractivity contribution in [2.45, 2.75) is 4.90 Å². The first kappa shape index (κ1) is 18.3. The SMILES string of the molecule is O=C(CSc1cccc(C(=O)N2CCOc3ccccc32)c1)c1ccccc1. The summed E-state index contributed by atoms with van der Waals surface area (Å²) >= 11 is 1.44. The number of benzene rings is 3. The fourth-order valence-electron chi connectivity index (χ4n) is 3.11. The van der Waals surface area contributed by atoms with E-state index >= 15 is 0 Å². The molecule has 0 saturated carbocycles. The van der Waals surface area contributed by atoms with Crippen LogP contribution in [0, 0.1) is 0 Å². The molecule has 0 bridgehead atoms. The van der Waals surface area contributed by atoms with Crippen LogP contribution in [-0.2, 0) is 0 Å². The molecule has 0 aromatic heterocycles. The maximum atomic E-state index is 13.1. The van der Waals surface area contributed by atoms with Crippen molar-refractivity contribution < 1.29 is 14.3 Å². The maximum absolute atomic E-state index is 13.1. The van der Waals surface area contributed by atoms with Crippen LogP contribution in [0.2, 0.25) is 0 Å². The molecule has 0 aliphatic carbocycles. The number of amides is 1. The van der Waals surface area contributed by atoms with E-state index in [-0.39, 0.29) is 11.7 Å². The molecule has 140 valence electrons. The molecule has 0 saturated heterocycles. The Hall–Kier alpha value is -3.05. The van der Waals surface area contributed by atoms with E-state index in [1.54, 1.807) is 4.90 Å². The minimum Gasteiger partial charge on any atom is -0.490 e. The van der Waals surface area contributed by atoms with Crippen molar-refractivity contribution in [2.75, 3.05) is 23.8 Å². The zero-order valence-electron chi connectivity index (χ0n) is 15.2. The number of anilines is 1. The Morgan fingerprint density at radius 3 is 2.50 bits per heavy atom. The van der Waals surface area contributed by atoms with Gasteiger partial charge in [-0.2, -0.15) is 0 Å². The molecule has 0 N–H and O–H groups in total. The third-order valence-electron chi connectivity index (χ3n) is 4.52. The Bertz CT molecular complexity index is 1000. The van der Waals surface area contributed by atoms with Crippen LogP contribution in [0.15, 0.2) is 83.8 Å². The predicted molar refractivity (Wildman–Crippen MR) is 112 cm³/mol. The lowest BCUT2D eigenvalue weighted by atomic mass is 10.1. The Labute approximate surface area is 168 Å². The molecule has 1 aliphatic rings. The highest BCUT2D eigenvalue weighted by molar-refractivity contribution is 8.00. The molecule has 1 aliphatic heterocycles. The van der Waals surface area contributed by atoms with E-state index in [0.717, 1.165) is 16.3 Å². The molecule has 0 atom stereocenters. The van der Waals surface area contributed by atoms with E-state index < -0.39 is 0 Å². The number of thioether (sulfide) groups is 1. The lowest BCUT2D eigenvalue weighted by Gasteiger charge is -2.29. The van der Waals surface area contributed by atoms with Crippen molar-refractivity contribution in [3.05, 3.63) is 90.0 Å². The second kappa shape index (κ2) is 8.31. The van der Waals surface area contributed by atoms with Crippen LogP contribution in [0.3, 0.4) is 0 Å². The van der Waals surface area contributed by atoms with Gasteiger partial charge < -0.3 is 9.64 Å². The number of nitrogens with zero attached hydrogens (tertiary/aromatic N) is 1. The first-order chi connectivity index (χ1) is 13.7. The summed E-state index contributed by atoms with van der Waals surface area (Å²) in [6.07, 6.45) is 0. The molecule has 4 nitrogen and oxygen atoms in total. The number of hydrogen-bond acceptors (Lipinski definition) is 4. The third-order valence-corrected chi connectivity index (χ3v) is 5.51. The topological polar surface area (TPSA) is 46.6 Å². The van der Waals surface area contributed by atoms with Crippen molar-refractivity contribution in [1.82, 2.24) is 0 Å². The number of carbonyl (C=O) groups excluding carboxylic acids is 2. The summed E-state index contributed by atoms with van der Waals surface area (Å²) in [5.74, 6) is 1.07. The van der Waals surface area contributed by atoms with Gasteiger partial charge in [-0.25, -0.2) is 0 Å². The van der Waals surface area contributed by atoms with Gasteiger partial charge in [-0.05, 0) is 30.3 Å². The van der Waals surface area contributed by atoms with E-state index in [0.29, 0.717) is 30.0 Å². The normalized spacial score (nSPS) is 12.8. The average Bonchev–Trinajstić information content (AvgIpc) is 2.77. The molecule has 4 rings (SSSR count). The summed E-state index contributed by atoms with van der Waals surface area (Å²) in [6, 6.07) is 24.2. The van der Waals surface area contributed by atoms with E-state index in [4.69, 9.17) is 4.74 Å². The quantitative estimate of drug-likeness (QED) is 0.469. The molecule has 1 amide bonds. The Kier molecular flexibility index (Phi) is 5.44. The molecule has 0 unspecified atom stereocenters. The summed E-state index contributed by atoms with van der Waals surface area (Å²) in [7, 11) is 0. The zero-order valence-corrected chi connectivity index (χ0v) is 16.0. The van der Waals surface area contributed by atoms with Gasteiger partial charge in [0.2, 0.25) is 0 Å². The number of ether oxygens (including phenoxy) is 1. The maximum Gasteiger partial charge on any atom is 0.258 e. The Morgan fingerprint density at radius 1 is 0.893 bits per heavy atom. The lowest BCUT2D eigenvalue weighted by molar-refractivity contribution is 0.0975. The van der Waals surface area contributed by atoms with Crippen molar-refractivity contribution >= 4 is 29.1 Å². The molecule has 28 heavy (non-hydrogen) atoms. The number of Topliss-reactive ketones (excluding diaryl/α,β-unsaturated/α-hetero) is 1. The summed E-state index contributed by atoms with van der Waals surface area (Å²) in [6.45, 7) is 0.989. The average molecular weight is 389 g/mol. The van der Waals surface area contributed by atoms with Gasteiger partial charge >= 0.3 is 0 Å². The molecular weight excluding hydrogens is 370 g/mol. The highest BCUT2D eigenvalue weighted by atomic mass is 32.2. The van der Waals surface area contributed by atoms with Crippen molar-refractivity contribution in [2.24, 2.45) is 0 Å². The fourth-order valence-corrected chi connectivity index (χ4v) is 3.96. The molecule has 0 spiro atoms. The number of para-hydroxylation sites is 2. The Balaban J connectivity index is 1.48. The van der Waals surface area contributed by atoms with Gasteiger partial charge in [-0.3, -0.25) is 9.59 Å². The van der Waals surface area contributed by atoms with Gasteiger partial charge in [0, 0.05) is 16.0 Å². The first-order valence-corrected chi connectivity index (χ1v) is 10.1. The minimum absolute atomic E-state index is 0.0624. The van der Waals surface area contributed by atoms with Crippen molar-refractivity contribution in [1.29, 1.82) is 0 Å². The van der Waals surface area contributed by atoms with Gasteiger partial charge in [-0.15, -0.1) is 11.8 Å². The fraction of sp³-hybridized carbons (Fsp3) is 0.130. The number of fused-ring (bicyclic) bond motifs is 1. The Morgan fingerprint density at radius 2 is 1.64 bits per heavy atom. The van der Waals surface area contributed by atoms with E-state index in [9.17, 15) is 9.59 Å². The standard InChI is InChI=1S/C23H19NO3S/c25-21(17-7-2-1-3-8-17)16-28-19-10-6-9-18(15-19)23(26)24-13-14-27-22-12-5-4-11-20(22)24/h1-12,15H,13-14,16H2. The lowest BCUT2D eigenvalue weighted by Crippen LogP contribution is -2.37. The molecule has 1 heterocycles. The van der Waals surface area contributed by atoms with Gasteiger partial charge in [0.25, 0.3) is 5.91 Å². The van der Waals surface area contributed by atoms with Crippen LogP contribution in [0.25, 0.3) is 0 Å². The number of carbonyl (C=O) groups is 2. The summed E-state index contributed by atoms with van der Waals surface area (Å²) in [4.78, 5) is 28.0. The van der Waals surface area contributed by atoms with E-state index in [1.165, 1.54) is 11.8 Å². The van der Waals surface area contributed by atoms with Crippen LogP contribution in [0.5, 0.6) is 5.75 Å².